The van der Waals surface area contributed by atoms with Gasteiger partial charge in [0.05, 0.1) is 10.0 Å². The molecule has 1 aromatic carbocycles. The van der Waals surface area contributed by atoms with E-state index >= 15 is 0 Å². The molecule has 0 N–H and O–H groups in total. The van der Waals surface area contributed by atoms with Crippen molar-refractivity contribution >= 4 is 45.0 Å². The van der Waals surface area contributed by atoms with Crippen molar-refractivity contribution in [2.45, 2.75) is 13.0 Å². The molecule has 17 heavy (non-hydrogen) atoms. The van der Waals surface area contributed by atoms with Gasteiger partial charge in [0.2, 0.25) is 5.91 Å². The molecule has 0 aromatic heterocycles. The molecular weight excluding hydrogens is 325 g/mol. The molecule has 1 heterocycles. The van der Waals surface area contributed by atoms with Crippen molar-refractivity contribution in [1.29, 1.82) is 0 Å². The molecule has 1 aliphatic heterocycles. The van der Waals surface area contributed by atoms with Crippen LogP contribution in [0.5, 0.6) is 0 Å². The Bertz CT molecular complexity index is 439. The highest BCUT2D eigenvalue weighted by Crippen LogP contribution is 2.25. The lowest BCUT2D eigenvalue weighted by Crippen LogP contribution is -2.24. The predicted molar refractivity (Wildman–Crippen MR) is 73.8 cm³/mol. The Morgan fingerprint density at radius 1 is 1.35 bits per heavy atom. The van der Waals surface area contributed by atoms with Gasteiger partial charge in [0.25, 0.3) is 0 Å². The first-order valence-corrected chi connectivity index (χ1v) is 7.25. The minimum Gasteiger partial charge on any atom is -0.338 e. The van der Waals surface area contributed by atoms with E-state index in [1.54, 1.807) is 6.07 Å². The lowest BCUT2D eigenvalue weighted by atomic mass is 10.2. The summed E-state index contributed by atoms with van der Waals surface area (Å²) in [5.74, 6) is 0.630. The number of likely N-dealkylation sites (tertiary alicyclic amines) is 1. The summed E-state index contributed by atoms with van der Waals surface area (Å²) in [7, 11) is 0. The van der Waals surface area contributed by atoms with E-state index < -0.39 is 0 Å². The number of nitrogens with zero attached hydrogens (tertiary/aromatic N) is 1. The fraction of sp³-hybridized carbons (Fsp3) is 0.417. The molecule has 1 unspecified atom stereocenters. The van der Waals surface area contributed by atoms with Crippen LogP contribution in [0.25, 0.3) is 0 Å². The van der Waals surface area contributed by atoms with Gasteiger partial charge in [-0.3, -0.25) is 4.79 Å². The average Bonchev–Trinajstić information content (AvgIpc) is 2.65. The Morgan fingerprint density at radius 3 is 2.71 bits per heavy atom. The quantitative estimate of drug-likeness (QED) is 0.770. The fourth-order valence-electron chi connectivity index (χ4n) is 1.97. The van der Waals surface area contributed by atoms with Gasteiger partial charge in [-0.15, -0.1) is 0 Å². The second-order valence-electron chi connectivity index (χ2n) is 4.25. The SMILES string of the molecule is O=C1CC(CBr)CN1Cc1ccc(Cl)c(Cl)c1. The lowest BCUT2D eigenvalue weighted by molar-refractivity contribution is -0.128. The molecule has 1 aromatic rings. The number of halogens is 3. The average molecular weight is 337 g/mol. The van der Waals surface area contributed by atoms with Crippen LogP contribution in [-0.4, -0.2) is 22.7 Å². The number of carbonyl (C=O) groups is 1. The minimum atomic E-state index is 0.209. The van der Waals surface area contributed by atoms with Crippen LogP contribution in [0, 0.1) is 5.92 Å². The van der Waals surface area contributed by atoms with Gasteiger partial charge in [-0.2, -0.15) is 0 Å². The van der Waals surface area contributed by atoms with Crippen LogP contribution < -0.4 is 0 Å². The summed E-state index contributed by atoms with van der Waals surface area (Å²) < 4.78 is 0. The molecule has 5 heteroatoms. The van der Waals surface area contributed by atoms with Gasteiger partial charge in [0, 0.05) is 24.8 Å². The van der Waals surface area contributed by atoms with Crippen LogP contribution in [0.2, 0.25) is 10.0 Å². The van der Waals surface area contributed by atoms with Crippen molar-refractivity contribution in [3.63, 3.8) is 0 Å². The van der Waals surface area contributed by atoms with Crippen LogP contribution in [0.4, 0.5) is 0 Å². The van der Waals surface area contributed by atoms with Crippen LogP contribution >= 0.6 is 39.1 Å². The summed E-state index contributed by atoms with van der Waals surface area (Å²) in [5, 5.41) is 1.95. The largest absolute Gasteiger partial charge is 0.338 e. The molecule has 2 rings (SSSR count). The Balaban J connectivity index is 2.06. The molecule has 1 fully saturated rings. The molecule has 0 aliphatic carbocycles. The first-order valence-electron chi connectivity index (χ1n) is 5.38. The van der Waals surface area contributed by atoms with Gasteiger partial charge in [0.1, 0.15) is 0 Å². The van der Waals surface area contributed by atoms with Crippen LogP contribution in [0.3, 0.4) is 0 Å². The smallest absolute Gasteiger partial charge is 0.223 e. The molecular formula is C12H12BrCl2NO. The van der Waals surface area contributed by atoms with Crippen LogP contribution in [0.15, 0.2) is 18.2 Å². The molecule has 2 nitrogen and oxygen atoms in total. The molecule has 0 bridgehead atoms. The summed E-state index contributed by atoms with van der Waals surface area (Å²) in [4.78, 5) is 13.6. The second-order valence-corrected chi connectivity index (χ2v) is 5.71. The molecule has 0 radical (unpaired) electrons. The van der Waals surface area contributed by atoms with E-state index in [0.29, 0.717) is 28.9 Å². The lowest BCUT2D eigenvalue weighted by Gasteiger charge is -2.16. The Hall–Kier alpha value is -0.250. The highest BCUT2D eigenvalue weighted by molar-refractivity contribution is 9.09. The highest BCUT2D eigenvalue weighted by Gasteiger charge is 2.28. The molecule has 0 spiro atoms. The molecule has 0 saturated carbocycles. The molecule has 1 atom stereocenters. The van der Waals surface area contributed by atoms with Crippen molar-refractivity contribution in [3.05, 3.63) is 33.8 Å². The van der Waals surface area contributed by atoms with E-state index in [2.05, 4.69) is 15.9 Å². The number of carbonyl (C=O) groups excluding carboxylic acids is 1. The number of alkyl halides is 1. The molecule has 1 saturated heterocycles. The molecule has 92 valence electrons. The van der Waals surface area contributed by atoms with Gasteiger partial charge < -0.3 is 4.90 Å². The molecule has 1 amide bonds. The molecule has 1 aliphatic rings. The minimum absolute atomic E-state index is 0.209. The van der Waals surface area contributed by atoms with Gasteiger partial charge >= 0.3 is 0 Å². The standard InChI is InChI=1S/C12H12BrCl2NO/c13-5-9-4-12(17)16(7-9)6-8-1-2-10(14)11(15)3-8/h1-3,9H,4-7H2. The Kier molecular flexibility index (Phi) is 4.34. The van der Waals surface area contributed by atoms with E-state index in [-0.39, 0.29) is 5.91 Å². The maximum Gasteiger partial charge on any atom is 0.223 e. The van der Waals surface area contributed by atoms with Crippen molar-refractivity contribution in [1.82, 2.24) is 4.90 Å². The highest BCUT2D eigenvalue weighted by atomic mass is 79.9. The number of hydrogen-bond acceptors (Lipinski definition) is 1. The maximum absolute atomic E-state index is 11.7. The Labute approximate surface area is 119 Å². The third-order valence-corrected chi connectivity index (χ3v) is 4.52. The van der Waals surface area contributed by atoms with Crippen molar-refractivity contribution in [2.24, 2.45) is 5.92 Å². The van der Waals surface area contributed by atoms with E-state index in [1.165, 1.54) is 0 Å². The normalized spacial score (nSPS) is 20.1. The van der Waals surface area contributed by atoms with Crippen LogP contribution in [0.1, 0.15) is 12.0 Å². The second kappa shape index (κ2) is 5.59. The van der Waals surface area contributed by atoms with Gasteiger partial charge in [-0.05, 0) is 23.6 Å². The number of amides is 1. The summed E-state index contributed by atoms with van der Waals surface area (Å²) in [5.41, 5.74) is 1.02. The van der Waals surface area contributed by atoms with Crippen molar-refractivity contribution in [3.8, 4) is 0 Å². The van der Waals surface area contributed by atoms with E-state index in [9.17, 15) is 4.79 Å². The zero-order valence-corrected chi connectivity index (χ0v) is 12.2. The maximum atomic E-state index is 11.7. The van der Waals surface area contributed by atoms with Gasteiger partial charge in [0.15, 0.2) is 0 Å². The van der Waals surface area contributed by atoms with Crippen molar-refractivity contribution < 1.29 is 4.79 Å². The number of hydrogen-bond donors (Lipinski definition) is 0. The zero-order valence-electron chi connectivity index (χ0n) is 9.13. The Morgan fingerprint density at radius 2 is 2.12 bits per heavy atom. The summed E-state index contributed by atoms with van der Waals surface area (Å²) in [6.07, 6.45) is 0.632. The summed E-state index contributed by atoms with van der Waals surface area (Å²) in [6.45, 7) is 1.42. The summed E-state index contributed by atoms with van der Waals surface area (Å²) in [6, 6.07) is 5.49. The van der Waals surface area contributed by atoms with E-state index in [0.717, 1.165) is 17.4 Å². The van der Waals surface area contributed by atoms with Gasteiger partial charge in [-0.1, -0.05) is 45.2 Å². The zero-order chi connectivity index (χ0) is 12.4. The van der Waals surface area contributed by atoms with E-state index in [4.69, 9.17) is 23.2 Å². The van der Waals surface area contributed by atoms with E-state index in [1.807, 2.05) is 17.0 Å². The first kappa shape index (κ1) is 13.2. The monoisotopic (exact) mass is 335 g/mol. The topological polar surface area (TPSA) is 20.3 Å². The number of benzene rings is 1. The summed E-state index contributed by atoms with van der Waals surface area (Å²) >= 11 is 15.2. The first-order chi connectivity index (χ1) is 8.10. The predicted octanol–water partition coefficient (Wildman–Crippen LogP) is 3.74. The van der Waals surface area contributed by atoms with Crippen molar-refractivity contribution in [2.75, 3.05) is 11.9 Å². The van der Waals surface area contributed by atoms with Crippen LogP contribution in [-0.2, 0) is 11.3 Å². The number of rotatable bonds is 3. The third-order valence-electron chi connectivity index (χ3n) is 2.87. The fourth-order valence-corrected chi connectivity index (χ4v) is 2.72. The van der Waals surface area contributed by atoms with Gasteiger partial charge in [-0.25, -0.2) is 0 Å². The third kappa shape index (κ3) is 3.15.